The molecule has 3 aromatic rings. The van der Waals surface area contributed by atoms with Gasteiger partial charge in [-0.1, -0.05) is 47.5 Å². The van der Waals surface area contributed by atoms with Crippen LogP contribution in [0.15, 0.2) is 77.9 Å². The Labute approximate surface area is 159 Å². The Balaban J connectivity index is 1.72. The number of amidine groups is 1. The fourth-order valence-electron chi connectivity index (χ4n) is 2.89. The molecule has 5 nitrogen and oxygen atoms in total. The Morgan fingerprint density at radius 1 is 0.741 bits per heavy atom. The lowest BCUT2D eigenvalue weighted by Crippen LogP contribution is -2.44. The minimum absolute atomic E-state index is 0.798. The Hall–Kier alpha value is -3.47. The van der Waals surface area contributed by atoms with Gasteiger partial charge in [0.05, 0.1) is 18.5 Å². The van der Waals surface area contributed by atoms with Gasteiger partial charge in [0.2, 0.25) is 0 Å². The van der Waals surface area contributed by atoms with Gasteiger partial charge >= 0.3 is 0 Å². The predicted octanol–water partition coefficient (Wildman–Crippen LogP) is 4.42. The Morgan fingerprint density at radius 2 is 1.30 bits per heavy atom. The number of aryl methyl sites for hydroxylation is 2. The zero-order chi connectivity index (χ0) is 18.8. The van der Waals surface area contributed by atoms with Crippen LogP contribution in [0.1, 0.15) is 16.7 Å². The molecule has 0 spiro atoms. The lowest BCUT2D eigenvalue weighted by molar-refractivity contribution is 0.415. The Bertz CT molecular complexity index is 947. The number of methoxy groups -OCH3 is 1. The minimum atomic E-state index is 0.798. The number of hydrazine groups is 2. The SMILES string of the molecule is COc1ccc(N2NC(c3ccc(C)cc3)=NN2c2ccc(C)cc2)cc1. The van der Waals surface area contributed by atoms with E-state index in [1.807, 2.05) is 34.5 Å². The van der Waals surface area contributed by atoms with E-state index in [0.717, 1.165) is 28.5 Å². The van der Waals surface area contributed by atoms with Crippen LogP contribution >= 0.6 is 0 Å². The van der Waals surface area contributed by atoms with Gasteiger partial charge in [0.1, 0.15) is 5.75 Å². The molecule has 1 aliphatic heterocycles. The number of hydrazone groups is 1. The van der Waals surface area contributed by atoms with Gasteiger partial charge in [-0.3, -0.25) is 5.43 Å². The fourth-order valence-corrected chi connectivity index (χ4v) is 2.89. The average Bonchev–Trinajstić information content (AvgIpc) is 3.14. The predicted molar refractivity (Wildman–Crippen MR) is 110 cm³/mol. The van der Waals surface area contributed by atoms with Gasteiger partial charge in [0.25, 0.3) is 0 Å². The number of anilines is 2. The highest BCUT2D eigenvalue weighted by molar-refractivity contribution is 6.02. The molecule has 0 fully saturated rings. The average molecular weight is 358 g/mol. The summed E-state index contributed by atoms with van der Waals surface area (Å²) < 4.78 is 5.28. The second-order valence-electron chi connectivity index (χ2n) is 6.56. The van der Waals surface area contributed by atoms with Crippen molar-refractivity contribution >= 4 is 17.2 Å². The summed E-state index contributed by atoms with van der Waals surface area (Å²) in [5, 5.41) is 8.62. The van der Waals surface area contributed by atoms with E-state index in [1.54, 1.807) is 7.11 Å². The standard InChI is InChI=1S/C22H22N4O/c1-16-4-8-18(9-5-16)22-23-25(19-10-6-17(2)7-11-19)26(24-22)20-12-14-21(27-3)15-13-20/h4-15H,1-3H3,(H,23,24). The van der Waals surface area contributed by atoms with E-state index >= 15 is 0 Å². The smallest absolute Gasteiger partial charge is 0.176 e. The molecule has 0 aromatic heterocycles. The number of rotatable bonds is 4. The van der Waals surface area contributed by atoms with Gasteiger partial charge < -0.3 is 4.74 Å². The maximum Gasteiger partial charge on any atom is 0.176 e. The molecule has 0 radical (unpaired) electrons. The topological polar surface area (TPSA) is 40.1 Å². The van der Waals surface area contributed by atoms with Crippen LogP contribution in [0.5, 0.6) is 5.75 Å². The molecule has 136 valence electrons. The zero-order valence-corrected chi connectivity index (χ0v) is 15.7. The number of nitrogens with zero attached hydrogens (tertiary/aromatic N) is 3. The largest absolute Gasteiger partial charge is 0.497 e. The monoisotopic (exact) mass is 358 g/mol. The molecule has 0 unspecified atom stereocenters. The number of hydrogen-bond donors (Lipinski definition) is 1. The quantitative estimate of drug-likeness (QED) is 0.749. The zero-order valence-electron chi connectivity index (χ0n) is 15.7. The molecule has 5 heteroatoms. The second-order valence-corrected chi connectivity index (χ2v) is 6.56. The number of benzene rings is 3. The molecule has 0 saturated carbocycles. The molecule has 1 aliphatic rings. The number of nitrogens with one attached hydrogen (secondary N) is 1. The van der Waals surface area contributed by atoms with Crippen LogP contribution in [0, 0.1) is 13.8 Å². The van der Waals surface area contributed by atoms with E-state index in [4.69, 9.17) is 9.84 Å². The highest BCUT2D eigenvalue weighted by Crippen LogP contribution is 2.27. The van der Waals surface area contributed by atoms with E-state index in [9.17, 15) is 0 Å². The van der Waals surface area contributed by atoms with Crippen LogP contribution in [-0.4, -0.2) is 12.9 Å². The first-order valence-corrected chi connectivity index (χ1v) is 8.87. The maximum atomic E-state index is 5.28. The van der Waals surface area contributed by atoms with Crippen molar-refractivity contribution < 1.29 is 4.74 Å². The summed E-state index contributed by atoms with van der Waals surface area (Å²) in [5.74, 6) is 1.62. The first kappa shape index (κ1) is 17.0. The van der Waals surface area contributed by atoms with E-state index < -0.39 is 0 Å². The molecule has 0 aliphatic carbocycles. The van der Waals surface area contributed by atoms with Gasteiger partial charge in [0.15, 0.2) is 5.84 Å². The summed E-state index contributed by atoms with van der Waals surface area (Å²) in [6, 6.07) is 24.5. The van der Waals surface area contributed by atoms with Crippen LogP contribution in [0.25, 0.3) is 0 Å². The van der Waals surface area contributed by atoms with E-state index in [0.29, 0.717) is 0 Å². The van der Waals surface area contributed by atoms with Crippen molar-refractivity contribution in [3.05, 3.63) is 89.5 Å². The second kappa shape index (κ2) is 7.03. The van der Waals surface area contributed by atoms with E-state index in [-0.39, 0.29) is 0 Å². The summed E-state index contributed by atoms with van der Waals surface area (Å²) in [6.45, 7) is 4.16. The molecular formula is C22H22N4O. The van der Waals surface area contributed by atoms with E-state index in [1.165, 1.54) is 11.1 Å². The minimum Gasteiger partial charge on any atom is -0.497 e. The number of hydrogen-bond acceptors (Lipinski definition) is 5. The molecule has 4 rings (SSSR count). The fraction of sp³-hybridized carbons (Fsp3) is 0.136. The molecule has 1 heterocycles. The third-order valence-corrected chi connectivity index (χ3v) is 4.50. The van der Waals surface area contributed by atoms with Crippen LogP contribution < -0.4 is 20.4 Å². The molecule has 0 amide bonds. The Kier molecular flexibility index (Phi) is 4.42. The van der Waals surface area contributed by atoms with E-state index in [2.05, 4.69) is 67.8 Å². The summed E-state index contributed by atoms with van der Waals surface area (Å²) in [4.78, 5) is 0. The van der Waals surface area contributed by atoms with Crippen molar-refractivity contribution in [1.29, 1.82) is 0 Å². The molecule has 3 aromatic carbocycles. The summed E-state index contributed by atoms with van der Waals surface area (Å²) in [6.07, 6.45) is 0. The highest BCUT2D eigenvalue weighted by Gasteiger charge is 2.26. The third kappa shape index (κ3) is 3.44. The molecule has 0 bridgehead atoms. The van der Waals surface area contributed by atoms with Crippen molar-refractivity contribution in [2.45, 2.75) is 13.8 Å². The lowest BCUT2D eigenvalue weighted by Gasteiger charge is -2.28. The van der Waals surface area contributed by atoms with Gasteiger partial charge in [-0.15, -0.1) is 5.10 Å². The molecule has 0 saturated heterocycles. The van der Waals surface area contributed by atoms with Crippen LogP contribution in [0.3, 0.4) is 0 Å². The highest BCUT2D eigenvalue weighted by atomic mass is 16.5. The van der Waals surface area contributed by atoms with Crippen molar-refractivity contribution in [3.63, 3.8) is 0 Å². The summed E-state index contributed by atoms with van der Waals surface area (Å²) in [5.41, 5.74) is 8.82. The molecule has 1 N–H and O–H groups in total. The first-order chi connectivity index (χ1) is 13.1. The van der Waals surface area contributed by atoms with Crippen molar-refractivity contribution in [1.82, 2.24) is 5.43 Å². The van der Waals surface area contributed by atoms with Crippen molar-refractivity contribution in [2.24, 2.45) is 5.10 Å². The van der Waals surface area contributed by atoms with Crippen LogP contribution in [0.4, 0.5) is 11.4 Å². The maximum absolute atomic E-state index is 5.28. The molecular weight excluding hydrogens is 336 g/mol. The number of ether oxygens (including phenoxy) is 1. The third-order valence-electron chi connectivity index (χ3n) is 4.50. The van der Waals surface area contributed by atoms with Gasteiger partial charge in [-0.25, -0.2) is 0 Å². The molecule has 27 heavy (non-hydrogen) atoms. The van der Waals surface area contributed by atoms with Gasteiger partial charge in [-0.2, -0.15) is 10.2 Å². The van der Waals surface area contributed by atoms with Crippen LogP contribution in [0.2, 0.25) is 0 Å². The van der Waals surface area contributed by atoms with Gasteiger partial charge in [0, 0.05) is 5.56 Å². The Morgan fingerprint density at radius 3 is 1.89 bits per heavy atom. The summed E-state index contributed by atoms with van der Waals surface area (Å²) >= 11 is 0. The lowest BCUT2D eigenvalue weighted by atomic mass is 10.1. The van der Waals surface area contributed by atoms with Gasteiger partial charge in [-0.05, 0) is 50.2 Å². The van der Waals surface area contributed by atoms with Crippen LogP contribution in [-0.2, 0) is 0 Å². The normalized spacial score (nSPS) is 13.4. The molecule has 0 atom stereocenters. The summed E-state index contributed by atoms with van der Waals surface area (Å²) in [7, 11) is 1.67. The van der Waals surface area contributed by atoms with Crippen molar-refractivity contribution in [2.75, 3.05) is 17.3 Å². The van der Waals surface area contributed by atoms with Crippen molar-refractivity contribution in [3.8, 4) is 5.75 Å². The first-order valence-electron chi connectivity index (χ1n) is 8.87.